The van der Waals surface area contributed by atoms with Crippen molar-refractivity contribution in [3.8, 4) is 0 Å². The molecule has 3 fully saturated rings. The molecule has 354 valence electrons. The number of aliphatic hydroxyl groups excluding tert-OH is 2. The fraction of sp³-hybridized carbons (Fsp3) is 0.510. The second-order valence-corrected chi connectivity index (χ2v) is 25.4. The van der Waals surface area contributed by atoms with E-state index in [-0.39, 0.29) is 29.7 Å². The molecular formula is C51H63NO13Si. The molecule has 1 aliphatic heterocycles. The van der Waals surface area contributed by atoms with Crippen LogP contribution in [-0.4, -0.2) is 108 Å². The van der Waals surface area contributed by atoms with Gasteiger partial charge < -0.3 is 44.0 Å². The Kier molecular flexibility index (Phi) is 13.0. The van der Waals surface area contributed by atoms with Crippen LogP contribution in [0.25, 0.3) is 0 Å². The minimum atomic E-state index is -2.89. The minimum Gasteiger partial charge on any atom is -0.456 e. The number of carbonyl (C=O) groups is 5. The van der Waals surface area contributed by atoms with Gasteiger partial charge in [-0.1, -0.05) is 101 Å². The molecule has 1 amide bonds. The second kappa shape index (κ2) is 17.6. The van der Waals surface area contributed by atoms with Crippen molar-refractivity contribution >= 4 is 37.9 Å². The van der Waals surface area contributed by atoms with Gasteiger partial charge in [-0.3, -0.25) is 14.4 Å². The molecule has 2 bridgehead atoms. The lowest BCUT2D eigenvalue weighted by atomic mass is 9.44. The average Bonchev–Trinajstić information content (AvgIpc) is 3.26. The Morgan fingerprint density at radius 3 is 1.95 bits per heavy atom. The standard InChI is InChI=1S/C51H63NO13Si/c1-29-34(62-46(59)40(65-66(9,10)47(3,4)5)38(31-20-14-11-15-21-31)52-44(57)32-22-16-12-17-23-32)27-51(60)43(63-45(58)33-24-18-13-19-25-33)41-49(8,42(56)39(55)37(29)48(51,6)7)35(54)26-36-50(41,28-61-36)64-30(2)53/h11-25,34-36,38-41,43,54-55,60H,26-28H2,1-10H3,(H,52,57)/t34?,35-,36+,38-,39+,40+,41-,43-,49+,50-,51+/m0/s1. The maximum atomic E-state index is 15.3. The van der Waals surface area contributed by atoms with Crippen molar-refractivity contribution in [1.29, 1.82) is 0 Å². The van der Waals surface area contributed by atoms with Crippen LogP contribution >= 0.6 is 0 Å². The molecule has 3 aliphatic carbocycles. The molecule has 7 rings (SSSR count). The molecule has 1 unspecified atom stereocenters. The molecule has 1 heterocycles. The smallest absolute Gasteiger partial charge is 0.338 e. The van der Waals surface area contributed by atoms with Crippen molar-refractivity contribution in [3.63, 3.8) is 0 Å². The summed E-state index contributed by atoms with van der Waals surface area (Å²) in [4.78, 5) is 72.0. The number of rotatable bonds is 11. The number of fused-ring (bicyclic) bond motifs is 5. The van der Waals surface area contributed by atoms with Gasteiger partial charge in [0.1, 0.15) is 30.0 Å². The third-order valence-corrected chi connectivity index (χ3v) is 19.9. The SMILES string of the molecule is CC(=O)O[C@@]12CO[C@@H]1C[C@H](O)[C@@]1(C)C(=O)[C@H](O)C3=C(C)C(OC(=O)[C@H](O[Si](C)(C)C(C)(C)C)[C@@H](NC(=O)c4ccccc4)c4ccccc4)C[C@@](O)([C@@H](OC(=O)c4ccccc4)[C@H]21)C3(C)C. The van der Waals surface area contributed by atoms with E-state index in [1.807, 2.05) is 33.9 Å². The van der Waals surface area contributed by atoms with Crippen LogP contribution in [0.3, 0.4) is 0 Å². The van der Waals surface area contributed by atoms with E-state index in [9.17, 15) is 29.7 Å². The molecule has 4 aliphatic rings. The first kappa shape index (κ1) is 48.9. The zero-order chi connectivity index (χ0) is 48.4. The van der Waals surface area contributed by atoms with Gasteiger partial charge >= 0.3 is 17.9 Å². The Balaban J connectivity index is 1.40. The van der Waals surface area contributed by atoms with Gasteiger partial charge in [-0.05, 0) is 73.0 Å². The fourth-order valence-corrected chi connectivity index (χ4v) is 11.8. The Morgan fingerprint density at radius 2 is 1.42 bits per heavy atom. The van der Waals surface area contributed by atoms with Crippen molar-refractivity contribution in [2.75, 3.05) is 6.61 Å². The van der Waals surface area contributed by atoms with Crippen LogP contribution < -0.4 is 5.32 Å². The summed E-state index contributed by atoms with van der Waals surface area (Å²) in [6.07, 6.45) is -9.76. The number of Topliss-reactive ketones (excluding diaryl/α,β-unsaturated/α-hetero) is 1. The number of amides is 1. The van der Waals surface area contributed by atoms with Gasteiger partial charge in [0.25, 0.3) is 5.91 Å². The molecule has 1 saturated heterocycles. The number of carbonyl (C=O) groups excluding carboxylic acids is 5. The van der Waals surface area contributed by atoms with E-state index in [0.717, 1.165) is 0 Å². The van der Waals surface area contributed by atoms with Crippen LogP contribution in [-0.2, 0) is 37.8 Å². The maximum Gasteiger partial charge on any atom is 0.338 e. The second-order valence-electron chi connectivity index (χ2n) is 20.6. The number of ketones is 1. The van der Waals surface area contributed by atoms with Crippen LogP contribution in [0.15, 0.2) is 102 Å². The fourth-order valence-electron chi connectivity index (χ4n) is 10.5. The highest BCUT2D eigenvalue weighted by molar-refractivity contribution is 6.74. The van der Waals surface area contributed by atoms with E-state index in [1.165, 1.54) is 26.0 Å². The van der Waals surface area contributed by atoms with Crippen molar-refractivity contribution in [2.24, 2.45) is 16.7 Å². The molecule has 3 aromatic rings. The summed E-state index contributed by atoms with van der Waals surface area (Å²) in [5.41, 5.74) is -6.43. The summed E-state index contributed by atoms with van der Waals surface area (Å²) >= 11 is 0. The average molecular weight is 926 g/mol. The van der Waals surface area contributed by atoms with Gasteiger partial charge in [0.2, 0.25) is 0 Å². The summed E-state index contributed by atoms with van der Waals surface area (Å²) in [5.74, 6) is -5.40. The topological polar surface area (TPSA) is 204 Å². The van der Waals surface area contributed by atoms with Gasteiger partial charge in [-0.2, -0.15) is 0 Å². The third-order valence-electron chi connectivity index (χ3n) is 15.4. The van der Waals surface area contributed by atoms with Crippen LogP contribution in [0, 0.1) is 16.7 Å². The molecule has 0 aromatic heterocycles. The number of hydrogen-bond donors (Lipinski definition) is 4. The predicted octanol–water partition coefficient (Wildman–Crippen LogP) is 6.19. The molecular weight excluding hydrogens is 863 g/mol. The number of nitrogens with one attached hydrogen (secondary N) is 1. The zero-order valence-electron chi connectivity index (χ0n) is 39.3. The van der Waals surface area contributed by atoms with Gasteiger partial charge in [-0.15, -0.1) is 0 Å². The molecule has 0 spiro atoms. The lowest BCUT2D eigenvalue weighted by Gasteiger charge is -2.67. The Labute approximate surface area is 387 Å². The van der Waals surface area contributed by atoms with Gasteiger partial charge in [0, 0.05) is 30.7 Å². The van der Waals surface area contributed by atoms with Crippen LogP contribution in [0.5, 0.6) is 0 Å². The van der Waals surface area contributed by atoms with E-state index in [4.69, 9.17) is 23.4 Å². The Bertz CT molecular complexity index is 2380. The highest BCUT2D eigenvalue weighted by Crippen LogP contribution is 2.64. The number of ether oxygens (including phenoxy) is 4. The van der Waals surface area contributed by atoms with E-state index >= 15 is 9.59 Å². The zero-order valence-corrected chi connectivity index (χ0v) is 40.3. The monoisotopic (exact) mass is 925 g/mol. The molecule has 3 aromatic carbocycles. The highest BCUT2D eigenvalue weighted by Gasteiger charge is 2.78. The number of hydrogen-bond acceptors (Lipinski definition) is 13. The maximum absolute atomic E-state index is 15.3. The van der Waals surface area contributed by atoms with E-state index < -0.39 is 120 Å². The summed E-state index contributed by atoms with van der Waals surface area (Å²) < 4.78 is 32.0. The Hall–Kier alpha value is -5.03. The number of esters is 3. The lowest BCUT2D eigenvalue weighted by Crippen LogP contribution is -2.81. The third kappa shape index (κ3) is 8.15. The van der Waals surface area contributed by atoms with Crippen LogP contribution in [0.4, 0.5) is 0 Å². The molecule has 4 N–H and O–H groups in total. The van der Waals surface area contributed by atoms with Gasteiger partial charge in [0.05, 0.1) is 35.6 Å². The molecule has 15 heteroatoms. The van der Waals surface area contributed by atoms with Crippen LogP contribution in [0.1, 0.15) is 101 Å². The predicted molar refractivity (Wildman–Crippen MR) is 244 cm³/mol. The summed E-state index contributed by atoms with van der Waals surface area (Å²) in [7, 11) is -2.89. The first-order valence-electron chi connectivity index (χ1n) is 22.5. The Morgan fingerprint density at radius 1 is 0.864 bits per heavy atom. The van der Waals surface area contributed by atoms with E-state index in [2.05, 4.69) is 5.32 Å². The van der Waals surface area contributed by atoms with Crippen molar-refractivity contribution < 1.29 is 62.7 Å². The largest absolute Gasteiger partial charge is 0.456 e. The lowest BCUT2D eigenvalue weighted by molar-refractivity contribution is -0.346. The molecule has 11 atom stereocenters. The molecule has 14 nitrogen and oxygen atoms in total. The van der Waals surface area contributed by atoms with Crippen molar-refractivity contribution in [1.82, 2.24) is 5.32 Å². The normalized spacial score (nSPS) is 31.3. The van der Waals surface area contributed by atoms with Gasteiger partial charge in [0.15, 0.2) is 25.8 Å². The number of aliphatic hydroxyl groups is 3. The van der Waals surface area contributed by atoms with E-state index in [1.54, 1.807) is 99.6 Å². The first-order valence-corrected chi connectivity index (χ1v) is 25.4. The summed E-state index contributed by atoms with van der Waals surface area (Å²) in [6, 6.07) is 24.3. The van der Waals surface area contributed by atoms with Crippen LogP contribution in [0.2, 0.25) is 18.1 Å². The number of benzene rings is 3. The quantitative estimate of drug-likeness (QED) is 0.0734. The van der Waals surface area contributed by atoms with Crippen molar-refractivity contribution in [2.45, 2.75) is 140 Å². The molecule has 66 heavy (non-hydrogen) atoms. The summed E-state index contributed by atoms with van der Waals surface area (Å²) in [5, 5.41) is 40.9. The first-order chi connectivity index (χ1) is 30.8. The van der Waals surface area contributed by atoms with Gasteiger partial charge in [-0.25, -0.2) is 9.59 Å². The minimum absolute atomic E-state index is 0.000871. The molecule has 0 radical (unpaired) electrons. The van der Waals surface area contributed by atoms with Crippen molar-refractivity contribution in [3.05, 3.63) is 119 Å². The van der Waals surface area contributed by atoms with E-state index in [0.29, 0.717) is 11.1 Å². The highest BCUT2D eigenvalue weighted by atomic mass is 28.4. The molecule has 2 saturated carbocycles. The summed E-state index contributed by atoms with van der Waals surface area (Å²) in [6.45, 7) is 17.1.